The minimum absolute atomic E-state index is 0.244. The maximum atomic E-state index is 10.8. The van der Waals surface area contributed by atoms with Gasteiger partial charge in [-0.3, -0.25) is 4.79 Å². The van der Waals surface area contributed by atoms with Crippen molar-refractivity contribution in [2.75, 3.05) is 13.1 Å². The Hall–Kier alpha value is -1.67. The van der Waals surface area contributed by atoms with Crippen molar-refractivity contribution < 1.29 is 4.79 Å². The fourth-order valence-corrected chi connectivity index (χ4v) is 2.19. The Kier molecular flexibility index (Phi) is 4.69. The average Bonchev–Trinajstić information content (AvgIpc) is 2.38. The quantitative estimate of drug-likeness (QED) is 0.803. The van der Waals surface area contributed by atoms with Gasteiger partial charge in [-0.05, 0) is 43.1 Å². The zero-order chi connectivity index (χ0) is 13.7. The Balaban J connectivity index is 1.91. The number of aryl methyl sites for hydroxylation is 1. The first kappa shape index (κ1) is 13.8. The molecule has 0 amide bonds. The Morgan fingerprint density at radius 1 is 1.05 bits per heavy atom. The van der Waals surface area contributed by atoms with Gasteiger partial charge in [0.25, 0.3) is 0 Å². The SMILES string of the molecule is CC(=O)CCNCCc1ccc2cc(C)ccc2c1. The van der Waals surface area contributed by atoms with Crippen molar-refractivity contribution in [2.45, 2.75) is 26.7 Å². The molecule has 0 spiro atoms. The molecule has 1 N–H and O–H groups in total. The summed E-state index contributed by atoms with van der Waals surface area (Å²) in [5.41, 5.74) is 2.64. The van der Waals surface area contributed by atoms with Crippen molar-refractivity contribution in [3.8, 4) is 0 Å². The number of hydrogen-bond donors (Lipinski definition) is 1. The molecule has 0 atom stereocenters. The van der Waals surface area contributed by atoms with Crippen molar-refractivity contribution in [3.05, 3.63) is 47.5 Å². The van der Waals surface area contributed by atoms with Crippen molar-refractivity contribution in [1.82, 2.24) is 5.32 Å². The molecule has 19 heavy (non-hydrogen) atoms. The first-order valence-corrected chi connectivity index (χ1v) is 6.84. The van der Waals surface area contributed by atoms with Crippen molar-refractivity contribution in [2.24, 2.45) is 0 Å². The molecule has 0 aliphatic rings. The predicted octanol–water partition coefficient (Wildman–Crippen LogP) is 3.26. The summed E-state index contributed by atoms with van der Waals surface area (Å²) in [5.74, 6) is 0.244. The molecule has 0 heterocycles. The van der Waals surface area contributed by atoms with Crippen LogP contribution in [0.1, 0.15) is 24.5 Å². The van der Waals surface area contributed by atoms with E-state index in [0.717, 1.165) is 19.5 Å². The molecule has 0 aliphatic carbocycles. The van der Waals surface area contributed by atoms with E-state index in [9.17, 15) is 4.79 Å². The standard InChI is InChI=1S/C17H21NO/c1-13-3-5-17-12-15(4-6-16(17)11-13)8-10-18-9-7-14(2)19/h3-6,11-12,18H,7-10H2,1-2H3. The molecular formula is C17H21NO. The number of fused-ring (bicyclic) bond motifs is 1. The van der Waals surface area contributed by atoms with Gasteiger partial charge in [-0.2, -0.15) is 0 Å². The zero-order valence-corrected chi connectivity index (χ0v) is 11.7. The molecule has 0 aliphatic heterocycles. The number of ketones is 1. The lowest BCUT2D eigenvalue weighted by Crippen LogP contribution is -2.20. The summed E-state index contributed by atoms with van der Waals surface area (Å²) in [4.78, 5) is 10.8. The number of hydrogen-bond acceptors (Lipinski definition) is 2. The molecule has 2 heteroatoms. The molecule has 2 rings (SSSR count). The van der Waals surface area contributed by atoms with Crippen LogP contribution in [0, 0.1) is 6.92 Å². The van der Waals surface area contributed by atoms with Gasteiger partial charge in [0.1, 0.15) is 5.78 Å². The molecule has 2 aromatic carbocycles. The third kappa shape index (κ3) is 4.18. The zero-order valence-electron chi connectivity index (χ0n) is 11.7. The van der Waals surface area contributed by atoms with Crippen LogP contribution in [0.2, 0.25) is 0 Å². The molecule has 0 fully saturated rings. The van der Waals surface area contributed by atoms with Crippen LogP contribution in [-0.4, -0.2) is 18.9 Å². The minimum atomic E-state index is 0.244. The Labute approximate surface area is 114 Å². The Bertz CT molecular complexity index is 574. The van der Waals surface area contributed by atoms with Gasteiger partial charge in [0.15, 0.2) is 0 Å². The van der Waals surface area contributed by atoms with E-state index in [1.807, 2.05) is 0 Å². The van der Waals surface area contributed by atoms with Gasteiger partial charge in [0, 0.05) is 13.0 Å². The number of Topliss-reactive ketones (excluding diaryl/α,β-unsaturated/α-hetero) is 1. The van der Waals surface area contributed by atoms with Gasteiger partial charge in [-0.15, -0.1) is 0 Å². The van der Waals surface area contributed by atoms with E-state index in [1.165, 1.54) is 21.9 Å². The highest BCUT2D eigenvalue weighted by Gasteiger charge is 1.98. The summed E-state index contributed by atoms with van der Waals surface area (Å²) in [6, 6.07) is 13.2. The monoisotopic (exact) mass is 255 g/mol. The molecule has 2 aromatic rings. The lowest BCUT2D eigenvalue weighted by molar-refractivity contribution is -0.116. The molecule has 100 valence electrons. The van der Waals surface area contributed by atoms with E-state index in [4.69, 9.17) is 0 Å². The van der Waals surface area contributed by atoms with E-state index in [0.29, 0.717) is 6.42 Å². The van der Waals surface area contributed by atoms with Gasteiger partial charge in [-0.1, -0.05) is 42.0 Å². The Morgan fingerprint density at radius 3 is 2.58 bits per heavy atom. The second-order valence-electron chi connectivity index (χ2n) is 5.14. The highest BCUT2D eigenvalue weighted by Crippen LogP contribution is 2.17. The molecule has 0 bridgehead atoms. The summed E-state index contributed by atoms with van der Waals surface area (Å²) >= 11 is 0. The van der Waals surface area contributed by atoms with Crippen LogP contribution in [0.4, 0.5) is 0 Å². The number of rotatable bonds is 6. The summed E-state index contributed by atoms with van der Waals surface area (Å²) in [6.07, 6.45) is 1.62. The van der Waals surface area contributed by atoms with Gasteiger partial charge in [0.2, 0.25) is 0 Å². The van der Waals surface area contributed by atoms with E-state index in [2.05, 4.69) is 48.6 Å². The number of carbonyl (C=O) groups excluding carboxylic acids is 1. The Morgan fingerprint density at radius 2 is 1.79 bits per heavy atom. The largest absolute Gasteiger partial charge is 0.316 e. The van der Waals surface area contributed by atoms with Gasteiger partial charge < -0.3 is 5.32 Å². The fourth-order valence-electron chi connectivity index (χ4n) is 2.19. The molecule has 2 nitrogen and oxygen atoms in total. The lowest BCUT2D eigenvalue weighted by atomic mass is 10.0. The summed E-state index contributed by atoms with van der Waals surface area (Å²) in [5, 5.41) is 5.90. The first-order valence-electron chi connectivity index (χ1n) is 6.84. The van der Waals surface area contributed by atoms with Crippen LogP contribution in [-0.2, 0) is 11.2 Å². The van der Waals surface area contributed by atoms with E-state index in [-0.39, 0.29) is 5.78 Å². The molecular weight excluding hydrogens is 234 g/mol. The average molecular weight is 255 g/mol. The minimum Gasteiger partial charge on any atom is -0.316 e. The van der Waals surface area contributed by atoms with Crippen LogP contribution in [0.5, 0.6) is 0 Å². The third-order valence-electron chi connectivity index (χ3n) is 3.30. The van der Waals surface area contributed by atoms with Crippen LogP contribution in [0.3, 0.4) is 0 Å². The highest BCUT2D eigenvalue weighted by molar-refractivity contribution is 5.83. The molecule has 0 aromatic heterocycles. The molecule has 0 unspecified atom stereocenters. The van der Waals surface area contributed by atoms with Gasteiger partial charge >= 0.3 is 0 Å². The van der Waals surface area contributed by atoms with E-state index >= 15 is 0 Å². The number of nitrogens with one attached hydrogen (secondary N) is 1. The van der Waals surface area contributed by atoms with Crippen molar-refractivity contribution in [3.63, 3.8) is 0 Å². The maximum Gasteiger partial charge on any atom is 0.131 e. The summed E-state index contributed by atoms with van der Waals surface area (Å²) < 4.78 is 0. The fraction of sp³-hybridized carbons (Fsp3) is 0.353. The summed E-state index contributed by atoms with van der Waals surface area (Å²) in [7, 11) is 0. The topological polar surface area (TPSA) is 29.1 Å². The molecule has 0 radical (unpaired) electrons. The molecule has 0 saturated carbocycles. The lowest BCUT2D eigenvalue weighted by Gasteiger charge is -2.06. The third-order valence-corrected chi connectivity index (χ3v) is 3.30. The van der Waals surface area contributed by atoms with E-state index < -0.39 is 0 Å². The smallest absolute Gasteiger partial charge is 0.131 e. The number of carbonyl (C=O) groups is 1. The molecule has 0 saturated heterocycles. The van der Waals surface area contributed by atoms with Crippen molar-refractivity contribution >= 4 is 16.6 Å². The van der Waals surface area contributed by atoms with E-state index in [1.54, 1.807) is 6.92 Å². The second kappa shape index (κ2) is 6.48. The van der Waals surface area contributed by atoms with Crippen LogP contribution < -0.4 is 5.32 Å². The summed E-state index contributed by atoms with van der Waals surface area (Å²) in [6.45, 7) is 5.45. The number of benzene rings is 2. The second-order valence-corrected chi connectivity index (χ2v) is 5.14. The van der Waals surface area contributed by atoms with Gasteiger partial charge in [-0.25, -0.2) is 0 Å². The maximum absolute atomic E-state index is 10.8. The van der Waals surface area contributed by atoms with Crippen LogP contribution in [0.15, 0.2) is 36.4 Å². The predicted molar refractivity (Wildman–Crippen MR) is 80.6 cm³/mol. The van der Waals surface area contributed by atoms with Crippen LogP contribution in [0.25, 0.3) is 10.8 Å². The first-order chi connectivity index (χ1) is 9.15. The highest BCUT2D eigenvalue weighted by atomic mass is 16.1. The normalized spacial score (nSPS) is 10.8. The van der Waals surface area contributed by atoms with Gasteiger partial charge in [0.05, 0.1) is 0 Å². The van der Waals surface area contributed by atoms with Crippen molar-refractivity contribution in [1.29, 1.82) is 0 Å². The van der Waals surface area contributed by atoms with Crippen LogP contribution >= 0.6 is 0 Å².